The van der Waals surface area contributed by atoms with Gasteiger partial charge in [-0.3, -0.25) is 4.79 Å². The van der Waals surface area contributed by atoms with Crippen LogP contribution in [0.5, 0.6) is 0 Å². The van der Waals surface area contributed by atoms with E-state index in [2.05, 4.69) is 10.0 Å². The van der Waals surface area contributed by atoms with Crippen molar-refractivity contribution in [2.45, 2.75) is 37.2 Å². The second kappa shape index (κ2) is 6.83. The first kappa shape index (κ1) is 16.6. The summed E-state index contributed by atoms with van der Waals surface area (Å²) in [5.41, 5.74) is 5.92. The molecular weight excluding hydrogens is 278 g/mol. The molecule has 1 aromatic rings. The van der Waals surface area contributed by atoms with Gasteiger partial charge in [0.25, 0.3) is 0 Å². The molecule has 6 nitrogen and oxygen atoms in total. The second-order valence-corrected chi connectivity index (χ2v) is 6.49. The Balaban J connectivity index is 2.95. The smallest absolute Gasteiger partial charge is 0.240 e. The molecule has 0 aliphatic rings. The van der Waals surface area contributed by atoms with Gasteiger partial charge in [-0.1, -0.05) is 12.1 Å². The molecule has 2 atom stereocenters. The largest absolute Gasteiger partial charge is 0.370 e. The fourth-order valence-electron chi connectivity index (χ4n) is 1.79. The average molecular weight is 299 g/mol. The van der Waals surface area contributed by atoms with Crippen LogP contribution in [0.25, 0.3) is 0 Å². The molecule has 20 heavy (non-hydrogen) atoms. The SMILES string of the molecule is CNC(C)c1cccc(S(=O)(=O)NC(C)CC(N)=O)c1. The minimum atomic E-state index is -3.65. The number of benzene rings is 1. The molecule has 4 N–H and O–H groups in total. The molecule has 0 saturated carbocycles. The monoisotopic (exact) mass is 299 g/mol. The molecule has 112 valence electrons. The molecule has 0 saturated heterocycles. The molecule has 0 bridgehead atoms. The van der Waals surface area contributed by atoms with Crippen LogP contribution in [0.1, 0.15) is 31.9 Å². The van der Waals surface area contributed by atoms with Gasteiger partial charge in [-0.05, 0) is 38.6 Å². The van der Waals surface area contributed by atoms with Crippen LogP contribution in [0, 0.1) is 0 Å². The van der Waals surface area contributed by atoms with Gasteiger partial charge in [0.1, 0.15) is 0 Å². The van der Waals surface area contributed by atoms with Crippen molar-refractivity contribution in [3.8, 4) is 0 Å². The fourth-order valence-corrected chi connectivity index (χ4v) is 3.09. The molecule has 7 heteroatoms. The number of primary amides is 1. The molecule has 2 unspecified atom stereocenters. The van der Waals surface area contributed by atoms with Gasteiger partial charge >= 0.3 is 0 Å². The first-order valence-corrected chi connectivity index (χ1v) is 7.82. The minimum Gasteiger partial charge on any atom is -0.370 e. The third kappa shape index (κ3) is 4.59. The van der Waals surface area contributed by atoms with E-state index in [9.17, 15) is 13.2 Å². The van der Waals surface area contributed by atoms with Gasteiger partial charge in [0.05, 0.1) is 4.90 Å². The Labute approximate surface area is 119 Å². The maximum atomic E-state index is 12.2. The fraction of sp³-hybridized carbons (Fsp3) is 0.462. The van der Waals surface area contributed by atoms with Crippen LogP contribution in [0.4, 0.5) is 0 Å². The summed E-state index contributed by atoms with van der Waals surface area (Å²) in [6.07, 6.45) is -0.0359. The summed E-state index contributed by atoms with van der Waals surface area (Å²) in [6, 6.07) is 6.19. The highest BCUT2D eigenvalue weighted by molar-refractivity contribution is 7.89. The maximum absolute atomic E-state index is 12.2. The lowest BCUT2D eigenvalue weighted by atomic mass is 10.1. The van der Waals surface area contributed by atoms with Crippen LogP contribution in [0.3, 0.4) is 0 Å². The number of hydrogen-bond acceptors (Lipinski definition) is 4. The second-order valence-electron chi connectivity index (χ2n) is 4.78. The zero-order valence-electron chi connectivity index (χ0n) is 11.9. The molecule has 0 radical (unpaired) electrons. The zero-order chi connectivity index (χ0) is 15.3. The first-order chi connectivity index (χ1) is 9.26. The molecule has 1 rings (SSSR count). The number of hydrogen-bond donors (Lipinski definition) is 3. The van der Waals surface area contributed by atoms with Gasteiger partial charge in [0.2, 0.25) is 15.9 Å². The normalized spacial score (nSPS) is 14.8. The topological polar surface area (TPSA) is 101 Å². The number of carbonyl (C=O) groups is 1. The number of rotatable bonds is 7. The lowest BCUT2D eigenvalue weighted by Gasteiger charge is -2.15. The van der Waals surface area contributed by atoms with Crippen molar-refractivity contribution in [3.63, 3.8) is 0 Å². The van der Waals surface area contributed by atoms with E-state index >= 15 is 0 Å². The van der Waals surface area contributed by atoms with Crippen LogP contribution in [0.15, 0.2) is 29.2 Å². The number of nitrogens with one attached hydrogen (secondary N) is 2. The van der Waals surface area contributed by atoms with Crippen molar-refractivity contribution in [2.24, 2.45) is 5.73 Å². The molecule has 1 aromatic carbocycles. The van der Waals surface area contributed by atoms with Gasteiger partial charge in [-0.25, -0.2) is 13.1 Å². The van der Waals surface area contributed by atoms with Crippen molar-refractivity contribution in [1.82, 2.24) is 10.0 Å². The van der Waals surface area contributed by atoms with Crippen LogP contribution < -0.4 is 15.8 Å². The Kier molecular flexibility index (Phi) is 5.67. The van der Waals surface area contributed by atoms with Gasteiger partial charge < -0.3 is 11.1 Å². The van der Waals surface area contributed by atoms with Crippen molar-refractivity contribution in [2.75, 3.05) is 7.05 Å². The first-order valence-electron chi connectivity index (χ1n) is 6.34. The highest BCUT2D eigenvalue weighted by Gasteiger charge is 2.19. The van der Waals surface area contributed by atoms with E-state index in [1.807, 2.05) is 13.0 Å². The summed E-state index contributed by atoms with van der Waals surface area (Å²) >= 11 is 0. The summed E-state index contributed by atoms with van der Waals surface area (Å²) in [5.74, 6) is -0.544. The number of carbonyl (C=O) groups excluding carboxylic acids is 1. The average Bonchev–Trinajstić information content (AvgIpc) is 2.36. The van der Waals surface area contributed by atoms with Crippen LogP contribution in [-0.4, -0.2) is 27.4 Å². The van der Waals surface area contributed by atoms with E-state index in [0.717, 1.165) is 5.56 Å². The maximum Gasteiger partial charge on any atom is 0.240 e. The lowest BCUT2D eigenvalue weighted by Crippen LogP contribution is -2.35. The highest BCUT2D eigenvalue weighted by Crippen LogP contribution is 2.17. The Bertz CT molecular complexity index is 572. The van der Waals surface area contributed by atoms with Crippen molar-refractivity contribution in [1.29, 1.82) is 0 Å². The molecule has 0 aliphatic heterocycles. The van der Waals surface area contributed by atoms with E-state index in [1.165, 1.54) is 6.07 Å². The predicted molar refractivity (Wildman–Crippen MR) is 77.5 cm³/mol. The van der Waals surface area contributed by atoms with Crippen molar-refractivity contribution < 1.29 is 13.2 Å². The molecule has 0 aliphatic carbocycles. The third-order valence-electron chi connectivity index (χ3n) is 2.97. The molecule has 0 fully saturated rings. The quantitative estimate of drug-likeness (QED) is 0.682. The van der Waals surface area contributed by atoms with E-state index in [-0.39, 0.29) is 17.4 Å². The Morgan fingerprint density at radius 1 is 1.35 bits per heavy atom. The summed E-state index contributed by atoms with van der Waals surface area (Å²) in [6.45, 7) is 3.54. The zero-order valence-corrected chi connectivity index (χ0v) is 12.7. The standard InChI is InChI=1S/C13H21N3O3S/c1-9(7-13(14)17)16-20(18,19)12-6-4-5-11(8-12)10(2)15-3/h4-6,8-10,15-16H,7H2,1-3H3,(H2,14,17). The van der Waals surface area contributed by atoms with Gasteiger partial charge in [-0.2, -0.15) is 0 Å². The number of sulfonamides is 1. The van der Waals surface area contributed by atoms with E-state index in [0.29, 0.717) is 0 Å². The molecule has 0 spiro atoms. The molecule has 1 amide bonds. The van der Waals surface area contributed by atoms with Gasteiger partial charge in [-0.15, -0.1) is 0 Å². The number of nitrogens with two attached hydrogens (primary N) is 1. The van der Waals surface area contributed by atoms with E-state index in [1.54, 1.807) is 26.1 Å². The third-order valence-corrected chi connectivity index (χ3v) is 4.55. The molecule has 0 aromatic heterocycles. The Morgan fingerprint density at radius 3 is 2.55 bits per heavy atom. The Morgan fingerprint density at radius 2 is 2.00 bits per heavy atom. The molecule has 0 heterocycles. The summed E-state index contributed by atoms with van der Waals surface area (Å²) in [7, 11) is -1.85. The number of amides is 1. The Hall–Kier alpha value is -1.44. The van der Waals surface area contributed by atoms with Crippen molar-refractivity contribution >= 4 is 15.9 Å². The summed E-state index contributed by atoms with van der Waals surface area (Å²) in [5, 5.41) is 3.05. The summed E-state index contributed by atoms with van der Waals surface area (Å²) < 4.78 is 26.8. The predicted octanol–water partition coefficient (Wildman–Crippen LogP) is 0.509. The van der Waals surface area contributed by atoms with E-state index in [4.69, 9.17) is 5.73 Å². The molecular formula is C13H21N3O3S. The highest BCUT2D eigenvalue weighted by atomic mass is 32.2. The minimum absolute atomic E-state index is 0.0359. The summed E-state index contributed by atoms with van der Waals surface area (Å²) in [4.78, 5) is 11.0. The van der Waals surface area contributed by atoms with Gasteiger partial charge in [0.15, 0.2) is 0 Å². The van der Waals surface area contributed by atoms with Crippen LogP contribution in [0.2, 0.25) is 0 Å². The lowest BCUT2D eigenvalue weighted by molar-refractivity contribution is -0.118. The van der Waals surface area contributed by atoms with E-state index < -0.39 is 22.0 Å². The van der Waals surface area contributed by atoms with Crippen LogP contribution >= 0.6 is 0 Å². The van der Waals surface area contributed by atoms with Crippen molar-refractivity contribution in [3.05, 3.63) is 29.8 Å². The van der Waals surface area contributed by atoms with Gasteiger partial charge in [0, 0.05) is 18.5 Å². The van der Waals surface area contributed by atoms with Crippen LogP contribution in [-0.2, 0) is 14.8 Å².